The van der Waals surface area contributed by atoms with E-state index in [0.29, 0.717) is 0 Å². The lowest BCUT2D eigenvalue weighted by molar-refractivity contribution is 0.674. The van der Waals surface area contributed by atoms with Crippen LogP contribution >= 0.6 is 0 Å². The highest BCUT2D eigenvalue weighted by molar-refractivity contribution is 6.18. The first-order valence-electron chi connectivity index (χ1n) is 13.9. The minimum absolute atomic E-state index is 0.267. The van der Waals surface area contributed by atoms with Gasteiger partial charge in [-0.3, -0.25) is 0 Å². The van der Waals surface area contributed by atoms with Gasteiger partial charge in [-0.25, -0.2) is 9.98 Å². The van der Waals surface area contributed by atoms with E-state index in [9.17, 15) is 0 Å². The summed E-state index contributed by atoms with van der Waals surface area (Å²) < 4.78 is 2.40. The average Bonchev–Trinajstić information content (AvgIpc) is 3.39. The first-order valence-corrected chi connectivity index (χ1v) is 13.9. The summed E-state index contributed by atoms with van der Waals surface area (Å²) in [6.45, 7) is 0. The Bertz CT molecular complexity index is 2070. The normalized spacial score (nSPS) is 15.1. The molecule has 194 valence electrons. The number of para-hydroxylation sites is 2. The molecule has 0 saturated heterocycles. The van der Waals surface area contributed by atoms with Crippen molar-refractivity contribution in [3.8, 4) is 5.69 Å². The second-order valence-electron chi connectivity index (χ2n) is 10.3. The Labute approximate surface area is 237 Å². The molecule has 1 unspecified atom stereocenters. The van der Waals surface area contributed by atoms with Gasteiger partial charge >= 0.3 is 0 Å². The summed E-state index contributed by atoms with van der Waals surface area (Å²) in [4.78, 5) is 10.2. The number of fused-ring (bicyclic) bond motifs is 4. The third-order valence-electron chi connectivity index (χ3n) is 7.85. The molecule has 1 aromatic heterocycles. The summed E-state index contributed by atoms with van der Waals surface area (Å²) >= 11 is 0. The lowest BCUT2D eigenvalue weighted by Crippen LogP contribution is -2.34. The molecule has 1 aliphatic rings. The number of aliphatic imine (C=N–C) groups is 2. The largest absolute Gasteiger partial charge is 0.344 e. The highest BCUT2D eigenvalue weighted by atomic mass is 15.2. The van der Waals surface area contributed by atoms with E-state index in [4.69, 9.17) is 9.98 Å². The quantitative estimate of drug-likeness (QED) is 0.246. The Morgan fingerprint density at radius 3 is 1.83 bits per heavy atom. The van der Waals surface area contributed by atoms with Gasteiger partial charge in [-0.1, -0.05) is 127 Å². The van der Waals surface area contributed by atoms with Crippen molar-refractivity contribution in [1.29, 1.82) is 0 Å². The van der Waals surface area contributed by atoms with E-state index in [1.54, 1.807) is 0 Å². The van der Waals surface area contributed by atoms with Crippen molar-refractivity contribution < 1.29 is 0 Å². The summed E-state index contributed by atoms with van der Waals surface area (Å²) in [5.41, 5.74) is 6.55. The van der Waals surface area contributed by atoms with Crippen molar-refractivity contribution >= 4 is 44.2 Å². The van der Waals surface area contributed by atoms with Crippen molar-refractivity contribution in [1.82, 2.24) is 9.88 Å². The van der Waals surface area contributed by atoms with Gasteiger partial charge in [-0.2, -0.15) is 0 Å². The predicted molar refractivity (Wildman–Crippen MR) is 170 cm³/mol. The van der Waals surface area contributed by atoms with Crippen LogP contribution in [-0.2, 0) is 0 Å². The Morgan fingerprint density at radius 1 is 0.537 bits per heavy atom. The Morgan fingerprint density at radius 2 is 1.12 bits per heavy atom. The molecule has 0 amide bonds. The van der Waals surface area contributed by atoms with Gasteiger partial charge in [0.1, 0.15) is 12.0 Å². The van der Waals surface area contributed by atoms with E-state index < -0.39 is 0 Å². The zero-order chi connectivity index (χ0) is 27.2. The highest BCUT2D eigenvalue weighted by Gasteiger charge is 2.25. The van der Waals surface area contributed by atoms with Gasteiger partial charge in [-0.15, -0.1) is 0 Å². The van der Waals surface area contributed by atoms with E-state index in [0.717, 1.165) is 34.0 Å². The second kappa shape index (κ2) is 9.61. The zero-order valence-corrected chi connectivity index (χ0v) is 22.3. The van der Waals surface area contributed by atoms with Crippen LogP contribution in [0.25, 0.3) is 38.3 Å². The van der Waals surface area contributed by atoms with Gasteiger partial charge < -0.3 is 9.88 Å². The molecule has 1 aliphatic heterocycles. The van der Waals surface area contributed by atoms with Gasteiger partial charge in [0.25, 0.3) is 0 Å². The highest BCUT2D eigenvalue weighted by Crippen LogP contribution is 2.37. The van der Waals surface area contributed by atoms with Crippen molar-refractivity contribution in [3.63, 3.8) is 0 Å². The van der Waals surface area contributed by atoms with E-state index in [-0.39, 0.29) is 6.17 Å². The minimum Gasteiger partial charge on any atom is -0.344 e. The van der Waals surface area contributed by atoms with Crippen LogP contribution in [-0.4, -0.2) is 16.2 Å². The van der Waals surface area contributed by atoms with Gasteiger partial charge in [0.2, 0.25) is 0 Å². The topological polar surface area (TPSA) is 41.7 Å². The van der Waals surface area contributed by atoms with Gasteiger partial charge in [-0.05, 0) is 29.1 Å². The molecular formula is C37H26N4. The molecule has 1 N–H and O–H groups in total. The molecule has 0 saturated carbocycles. The summed E-state index contributed by atoms with van der Waals surface area (Å²) in [7, 11) is 0. The smallest absolute Gasteiger partial charge is 0.159 e. The summed E-state index contributed by atoms with van der Waals surface area (Å²) in [6, 6.07) is 50.9. The standard InChI is InChI=1S/C37H26N4/c1-3-14-26(15-4-1)35-38-36(27-16-5-2-6-17-27)40-37(39-35)31-24-23-25-13-7-8-18-28(25)34(31)41-32-21-11-9-19-29(32)30-20-10-12-22-33(30)41/h1-24,35H,(H,38,39,40). The zero-order valence-electron chi connectivity index (χ0n) is 22.3. The van der Waals surface area contributed by atoms with Crippen molar-refractivity contribution in [3.05, 3.63) is 162 Å². The Balaban J connectivity index is 1.43. The molecule has 2 heterocycles. The number of aromatic nitrogens is 1. The van der Waals surface area contributed by atoms with E-state index >= 15 is 0 Å². The fourth-order valence-corrected chi connectivity index (χ4v) is 5.96. The van der Waals surface area contributed by atoms with Crippen LogP contribution in [0.15, 0.2) is 156 Å². The van der Waals surface area contributed by atoms with Crippen LogP contribution in [0, 0.1) is 0 Å². The van der Waals surface area contributed by atoms with Gasteiger partial charge in [0.15, 0.2) is 5.84 Å². The molecule has 0 radical (unpaired) electrons. The van der Waals surface area contributed by atoms with Crippen LogP contribution in [0.4, 0.5) is 0 Å². The molecule has 4 heteroatoms. The number of rotatable bonds is 4. The molecule has 1 atom stereocenters. The fourth-order valence-electron chi connectivity index (χ4n) is 5.96. The molecular weight excluding hydrogens is 500 g/mol. The molecule has 0 bridgehead atoms. The van der Waals surface area contributed by atoms with Crippen molar-refractivity contribution in [2.75, 3.05) is 0 Å². The monoisotopic (exact) mass is 526 g/mol. The number of amidine groups is 2. The van der Waals surface area contributed by atoms with Gasteiger partial charge in [0, 0.05) is 27.3 Å². The van der Waals surface area contributed by atoms with E-state index in [1.165, 1.54) is 32.6 Å². The molecule has 4 nitrogen and oxygen atoms in total. The van der Waals surface area contributed by atoms with E-state index in [2.05, 4.69) is 131 Å². The molecule has 6 aromatic carbocycles. The van der Waals surface area contributed by atoms with Crippen LogP contribution in [0.5, 0.6) is 0 Å². The molecule has 7 aromatic rings. The van der Waals surface area contributed by atoms with E-state index in [1.807, 2.05) is 24.3 Å². The number of nitrogens with zero attached hydrogens (tertiary/aromatic N) is 3. The van der Waals surface area contributed by atoms with Crippen LogP contribution < -0.4 is 5.32 Å². The summed E-state index contributed by atoms with van der Waals surface area (Å²) in [6.07, 6.45) is -0.267. The maximum Gasteiger partial charge on any atom is 0.159 e. The predicted octanol–water partition coefficient (Wildman–Crippen LogP) is 8.43. The number of benzene rings is 6. The molecule has 0 spiro atoms. The Kier molecular flexibility index (Phi) is 5.49. The lowest BCUT2D eigenvalue weighted by Gasteiger charge is -2.26. The first-order chi connectivity index (χ1) is 20.3. The van der Waals surface area contributed by atoms with Crippen LogP contribution in [0.3, 0.4) is 0 Å². The molecule has 0 fully saturated rings. The van der Waals surface area contributed by atoms with Crippen molar-refractivity contribution in [2.45, 2.75) is 6.17 Å². The molecule has 41 heavy (non-hydrogen) atoms. The van der Waals surface area contributed by atoms with Crippen LogP contribution in [0.2, 0.25) is 0 Å². The second-order valence-corrected chi connectivity index (χ2v) is 10.3. The molecule has 0 aliphatic carbocycles. The number of hydrogen-bond acceptors (Lipinski definition) is 3. The number of nitrogens with one attached hydrogen (secondary N) is 1. The van der Waals surface area contributed by atoms with Crippen LogP contribution in [0.1, 0.15) is 22.9 Å². The maximum absolute atomic E-state index is 5.18. The third-order valence-corrected chi connectivity index (χ3v) is 7.85. The minimum atomic E-state index is -0.267. The first kappa shape index (κ1) is 23.4. The Hall–Kier alpha value is -5.48. The molecule has 8 rings (SSSR count). The SMILES string of the molecule is c1ccc(C2=NC(c3ccccc3)NC(c3ccc4ccccc4c3-n3c4ccccc4c4ccccc43)=N2)cc1. The number of hydrogen-bond donors (Lipinski definition) is 1. The average molecular weight is 527 g/mol. The third kappa shape index (κ3) is 3.92. The lowest BCUT2D eigenvalue weighted by atomic mass is 10.0. The van der Waals surface area contributed by atoms with Gasteiger partial charge in [0.05, 0.1) is 16.7 Å². The summed E-state index contributed by atoms with van der Waals surface area (Å²) in [5.74, 6) is 1.52. The fraction of sp³-hybridized carbons (Fsp3) is 0.0270. The van der Waals surface area contributed by atoms with Crippen molar-refractivity contribution in [2.24, 2.45) is 9.98 Å². The maximum atomic E-state index is 5.18. The summed E-state index contributed by atoms with van der Waals surface area (Å²) in [5, 5.41) is 8.51.